The average molecular weight is 360 g/mol. The van der Waals surface area contributed by atoms with E-state index in [-0.39, 0.29) is 11.8 Å². The molecule has 3 rings (SSSR count). The molecule has 0 saturated carbocycles. The second kappa shape index (κ2) is 7.48. The molecular weight excluding hydrogens is 342 g/mol. The Hall–Kier alpha value is -2.67. The summed E-state index contributed by atoms with van der Waals surface area (Å²) in [4.78, 5) is 11.5. The van der Waals surface area contributed by atoms with Gasteiger partial charge >= 0.3 is 0 Å². The topological polar surface area (TPSA) is 81.4 Å². The Balaban J connectivity index is 1.75. The van der Waals surface area contributed by atoms with Crippen molar-refractivity contribution >= 4 is 23.2 Å². The summed E-state index contributed by atoms with van der Waals surface area (Å²) in [5, 5.41) is 16.0. The molecule has 130 valence electrons. The van der Waals surface area contributed by atoms with E-state index in [0.717, 1.165) is 5.56 Å². The summed E-state index contributed by atoms with van der Waals surface area (Å²) in [7, 11) is 0. The highest BCUT2D eigenvalue weighted by Gasteiger charge is 2.13. The van der Waals surface area contributed by atoms with Crippen molar-refractivity contribution in [1.82, 2.24) is 25.1 Å². The lowest BCUT2D eigenvalue weighted by Gasteiger charge is -2.09. The number of benzene rings is 1. The highest BCUT2D eigenvalue weighted by molar-refractivity contribution is 6.33. The molecule has 1 N–H and O–H groups in total. The van der Waals surface area contributed by atoms with E-state index in [1.807, 2.05) is 32.0 Å². The van der Waals surface area contributed by atoms with Crippen molar-refractivity contribution in [3.8, 4) is 17.3 Å². The zero-order valence-corrected chi connectivity index (χ0v) is 14.7. The van der Waals surface area contributed by atoms with Crippen molar-refractivity contribution in [3.63, 3.8) is 0 Å². The maximum atomic E-state index is 11.5. The minimum Gasteiger partial charge on any atom is -0.475 e. The SMILES string of the molecule is CC(C)C(=O)NCCOc1ccc2nnc(-c3ccccc3Cl)n2n1. The van der Waals surface area contributed by atoms with Crippen LogP contribution in [0, 0.1) is 5.92 Å². The van der Waals surface area contributed by atoms with Crippen LogP contribution in [0.25, 0.3) is 17.0 Å². The molecule has 0 aliphatic heterocycles. The Labute approximate surface area is 150 Å². The van der Waals surface area contributed by atoms with Gasteiger partial charge in [0.2, 0.25) is 11.8 Å². The summed E-state index contributed by atoms with van der Waals surface area (Å²) in [6, 6.07) is 10.8. The molecule has 0 unspecified atom stereocenters. The number of hydrogen-bond acceptors (Lipinski definition) is 5. The first kappa shape index (κ1) is 17.2. The first-order valence-electron chi connectivity index (χ1n) is 7.94. The first-order chi connectivity index (χ1) is 12.1. The van der Waals surface area contributed by atoms with Gasteiger partial charge in [0.25, 0.3) is 0 Å². The van der Waals surface area contributed by atoms with E-state index in [0.29, 0.717) is 35.5 Å². The van der Waals surface area contributed by atoms with Crippen LogP contribution in [-0.2, 0) is 4.79 Å². The van der Waals surface area contributed by atoms with Crippen LogP contribution in [0.4, 0.5) is 0 Å². The Bertz CT molecular complexity index is 894. The summed E-state index contributed by atoms with van der Waals surface area (Å²) >= 11 is 6.23. The molecule has 0 radical (unpaired) electrons. The molecule has 2 aromatic heterocycles. The van der Waals surface area contributed by atoms with Crippen LogP contribution in [0.3, 0.4) is 0 Å². The van der Waals surface area contributed by atoms with Gasteiger partial charge in [0.15, 0.2) is 11.5 Å². The van der Waals surface area contributed by atoms with Crippen LogP contribution in [0.2, 0.25) is 5.02 Å². The summed E-state index contributed by atoms with van der Waals surface area (Å²) in [6.07, 6.45) is 0. The van der Waals surface area contributed by atoms with Crippen LogP contribution in [0.5, 0.6) is 5.88 Å². The molecule has 0 saturated heterocycles. The quantitative estimate of drug-likeness (QED) is 0.684. The molecule has 25 heavy (non-hydrogen) atoms. The number of rotatable bonds is 6. The summed E-state index contributed by atoms with van der Waals surface area (Å²) < 4.78 is 7.19. The lowest BCUT2D eigenvalue weighted by atomic mass is 10.2. The van der Waals surface area contributed by atoms with E-state index in [2.05, 4.69) is 20.6 Å². The second-order valence-corrected chi connectivity index (χ2v) is 6.15. The molecule has 8 heteroatoms. The highest BCUT2D eigenvalue weighted by Crippen LogP contribution is 2.26. The Morgan fingerprint density at radius 3 is 2.80 bits per heavy atom. The van der Waals surface area contributed by atoms with Gasteiger partial charge < -0.3 is 10.1 Å². The molecule has 0 spiro atoms. The van der Waals surface area contributed by atoms with Gasteiger partial charge in [-0.25, -0.2) is 0 Å². The number of fused-ring (bicyclic) bond motifs is 1. The minimum atomic E-state index is -0.0512. The number of aromatic nitrogens is 4. The number of ether oxygens (including phenoxy) is 1. The zero-order chi connectivity index (χ0) is 17.8. The molecule has 7 nitrogen and oxygen atoms in total. The first-order valence-corrected chi connectivity index (χ1v) is 8.32. The van der Waals surface area contributed by atoms with Gasteiger partial charge in [0.1, 0.15) is 6.61 Å². The second-order valence-electron chi connectivity index (χ2n) is 5.74. The van der Waals surface area contributed by atoms with Crippen LogP contribution in [-0.4, -0.2) is 38.9 Å². The monoisotopic (exact) mass is 359 g/mol. The fraction of sp³-hybridized carbons (Fsp3) is 0.294. The lowest BCUT2D eigenvalue weighted by molar-refractivity contribution is -0.124. The van der Waals surface area contributed by atoms with Crippen molar-refractivity contribution in [2.45, 2.75) is 13.8 Å². The van der Waals surface area contributed by atoms with Crippen molar-refractivity contribution in [2.24, 2.45) is 5.92 Å². The van der Waals surface area contributed by atoms with Crippen LogP contribution >= 0.6 is 11.6 Å². The molecule has 2 heterocycles. The van der Waals surface area contributed by atoms with E-state index in [1.54, 1.807) is 22.7 Å². The predicted octanol–water partition coefficient (Wildman–Crippen LogP) is 2.60. The fourth-order valence-corrected chi connectivity index (χ4v) is 2.41. The van der Waals surface area contributed by atoms with Crippen LogP contribution < -0.4 is 10.1 Å². The normalized spacial score (nSPS) is 11.0. The van der Waals surface area contributed by atoms with E-state index >= 15 is 0 Å². The van der Waals surface area contributed by atoms with Gasteiger partial charge in [-0.3, -0.25) is 4.79 Å². The van der Waals surface area contributed by atoms with E-state index in [9.17, 15) is 4.79 Å². The van der Waals surface area contributed by atoms with Gasteiger partial charge in [0, 0.05) is 17.5 Å². The van der Waals surface area contributed by atoms with Gasteiger partial charge in [0.05, 0.1) is 11.6 Å². The third-order valence-electron chi connectivity index (χ3n) is 3.53. The van der Waals surface area contributed by atoms with Crippen molar-refractivity contribution in [1.29, 1.82) is 0 Å². The van der Waals surface area contributed by atoms with Gasteiger partial charge in [-0.1, -0.05) is 37.6 Å². The van der Waals surface area contributed by atoms with Crippen LogP contribution in [0.15, 0.2) is 36.4 Å². The molecule has 0 aliphatic rings. The Morgan fingerprint density at radius 1 is 1.24 bits per heavy atom. The van der Waals surface area contributed by atoms with Crippen LogP contribution in [0.1, 0.15) is 13.8 Å². The molecular formula is C17H18ClN5O2. The Kier molecular flexibility index (Phi) is 5.14. The summed E-state index contributed by atoms with van der Waals surface area (Å²) in [5.74, 6) is 0.898. The standard InChI is InChI=1S/C17H18ClN5O2/c1-11(2)17(24)19-9-10-25-15-8-7-14-20-21-16(23(14)22-15)12-5-3-4-6-13(12)18/h3-8,11H,9-10H2,1-2H3,(H,19,24). The molecule has 3 aromatic rings. The zero-order valence-electron chi connectivity index (χ0n) is 13.9. The average Bonchev–Trinajstić information content (AvgIpc) is 3.02. The number of nitrogens with zero attached hydrogens (tertiary/aromatic N) is 4. The number of carbonyl (C=O) groups excluding carboxylic acids is 1. The Morgan fingerprint density at radius 2 is 2.04 bits per heavy atom. The van der Waals surface area contributed by atoms with E-state index < -0.39 is 0 Å². The summed E-state index contributed by atoms with van der Waals surface area (Å²) in [6.45, 7) is 4.42. The van der Waals surface area contributed by atoms with Crippen molar-refractivity contribution in [3.05, 3.63) is 41.4 Å². The number of halogens is 1. The van der Waals surface area contributed by atoms with Crippen molar-refractivity contribution < 1.29 is 9.53 Å². The third-order valence-corrected chi connectivity index (χ3v) is 3.86. The van der Waals surface area contributed by atoms with Gasteiger partial charge in [-0.15, -0.1) is 15.3 Å². The fourth-order valence-electron chi connectivity index (χ4n) is 2.19. The lowest BCUT2D eigenvalue weighted by Crippen LogP contribution is -2.31. The minimum absolute atomic E-state index is 0.00757. The largest absolute Gasteiger partial charge is 0.475 e. The summed E-state index contributed by atoms with van der Waals surface area (Å²) in [5.41, 5.74) is 1.33. The highest BCUT2D eigenvalue weighted by atomic mass is 35.5. The molecule has 0 atom stereocenters. The van der Waals surface area contributed by atoms with Gasteiger partial charge in [-0.2, -0.15) is 4.52 Å². The van der Waals surface area contributed by atoms with E-state index in [1.165, 1.54) is 0 Å². The molecule has 1 amide bonds. The molecule has 0 aliphatic carbocycles. The number of hydrogen-bond donors (Lipinski definition) is 1. The van der Waals surface area contributed by atoms with Gasteiger partial charge in [-0.05, 0) is 18.2 Å². The number of carbonyl (C=O) groups is 1. The number of amides is 1. The maximum absolute atomic E-state index is 11.5. The maximum Gasteiger partial charge on any atom is 0.231 e. The molecule has 0 bridgehead atoms. The third kappa shape index (κ3) is 3.88. The van der Waals surface area contributed by atoms with Crippen molar-refractivity contribution in [2.75, 3.05) is 13.2 Å². The number of nitrogens with one attached hydrogen (secondary N) is 1. The molecule has 0 fully saturated rings. The van der Waals surface area contributed by atoms with E-state index in [4.69, 9.17) is 16.3 Å². The molecule has 1 aromatic carbocycles. The predicted molar refractivity (Wildman–Crippen MR) is 94.6 cm³/mol. The smallest absolute Gasteiger partial charge is 0.231 e.